The van der Waals surface area contributed by atoms with Crippen molar-refractivity contribution in [3.05, 3.63) is 65.0 Å². The van der Waals surface area contributed by atoms with Crippen molar-refractivity contribution in [3.8, 4) is 0 Å². The lowest BCUT2D eigenvalue weighted by Crippen LogP contribution is -2.31. The predicted molar refractivity (Wildman–Crippen MR) is 88.9 cm³/mol. The van der Waals surface area contributed by atoms with Crippen LogP contribution in [0.3, 0.4) is 0 Å². The van der Waals surface area contributed by atoms with E-state index < -0.39 is 17.5 Å². The summed E-state index contributed by atoms with van der Waals surface area (Å²) in [5.74, 6) is -1.48. The molecule has 0 saturated heterocycles. The maximum Gasteiger partial charge on any atom is 0.337 e. The molecule has 1 unspecified atom stereocenters. The Labute approximate surface area is 140 Å². The number of aromatic carboxylic acids is 1. The minimum absolute atomic E-state index is 0.0681. The SMILES string of the molecule is Cc1nc(C(=O)NCCC(C)(O)c2ccccc2)ccc1C(=O)O. The molecule has 1 aromatic carbocycles. The third-order valence-corrected chi connectivity index (χ3v) is 3.84. The first-order valence-electron chi connectivity index (χ1n) is 7.58. The van der Waals surface area contributed by atoms with Crippen molar-refractivity contribution < 1.29 is 19.8 Å². The number of pyridine rings is 1. The molecule has 126 valence electrons. The number of carbonyl (C=O) groups is 2. The summed E-state index contributed by atoms with van der Waals surface area (Å²) in [7, 11) is 0. The molecule has 2 rings (SSSR count). The van der Waals surface area contributed by atoms with E-state index in [4.69, 9.17) is 5.11 Å². The van der Waals surface area contributed by atoms with Crippen LogP contribution in [0.1, 0.15) is 45.4 Å². The molecule has 0 saturated carbocycles. The van der Waals surface area contributed by atoms with Crippen molar-refractivity contribution in [1.29, 1.82) is 0 Å². The van der Waals surface area contributed by atoms with Crippen LogP contribution in [-0.2, 0) is 5.60 Å². The molecule has 0 bridgehead atoms. The van der Waals surface area contributed by atoms with E-state index in [-0.39, 0.29) is 23.5 Å². The van der Waals surface area contributed by atoms with Gasteiger partial charge in [-0.1, -0.05) is 30.3 Å². The minimum Gasteiger partial charge on any atom is -0.478 e. The molecule has 3 N–H and O–H groups in total. The number of carbonyl (C=O) groups excluding carboxylic acids is 1. The van der Waals surface area contributed by atoms with Gasteiger partial charge in [-0.15, -0.1) is 0 Å². The molecule has 2 aromatic rings. The average Bonchev–Trinajstić information content (AvgIpc) is 2.55. The Kier molecular flexibility index (Phi) is 5.31. The molecule has 0 radical (unpaired) electrons. The van der Waals surface area contributed by atoms with Gasteiger partial charge < -0.3 is 15.5 Å². The Morgan fingerprint density at radius 1 is 1.17 bits per heavy atom. The smallest absolute Gasteiger partial charge is 0.337 e. The fourth-order valence-electron chi connectivity index (χ4n) is 2.37. The summed E-state index contributed by atoms with van der Waals surface area (Å²) in [6, 6.07) is 12.0. The molecule has 0 fully saturated rings. The second-order valence-corrected chi connectivity index (χ2v) is 5.78. The molecule has 6 heteroatoms. The number of aromatic nitrogens is 1. The number of hydrogen-bond donors (Lipinski definition) is 3. The number of aryl methyl sites for hydroxylation is 1. The summed E-state index contributed by atoms with van der Waals surface area (Å²) in [5.41, 5.74) is 0.228. The van der Waals surface area contributed by atoms with Gasteiger partial charge in [-0.25, -0.2) is 9.78 Å². The van der Waals surface area contributed by atoms with Gasteiger partial charge in [-0.2, -0.15) is 0 Å². The summed E-state index contributed by atoms with van der Waals surface area (Å²) < 4.78 is 0. The number of aliphatic hydroxyl groups is 1. The molecule has 6 nitrogen and oxygen atoms in total. The summed E-state index contributed by atoms with van der Waals surface area (Å²) in [5, 5.41) is 22.1. The molecule has 1 atom stereocenters. The topological polar surface area (TPSA) is 99.5 Å². The Balaban J connectivity index is 1.96. The van der Waals surface area contributed by atoms with Gasteiger partial charge >= 0.3 is 5.97 Å². The van der Waals surface area contributed by atoms with Gasteiger partial charge in [0.1, 0.15) is 5.69 Å². The number of amides is 1. The van der Waals surface area contributed by atoms with E-state index in [9.17, 15) is 14.7 Å². The van der Waals surface area contributed by atoms with Gasteiger partial charge in [0.15, 0.2) is 0 Å². The van der Waals surface area contributed by atoms with E-state index in [1.54, 1.807) is 13.8 Å². The number of carboxylic acids is 1. The van der Waals surface area contributed by atoms with E-state index in [1.165, 1.54) is 12.1 Å². The van der Waals surface area contributed by atoms with Crippen molar-refractivity contribution in [2.24, 2.45) is 0 Å². The summed E-state index contributed by atoms with van der Waals surface area (Å²) >= 11 is 0. The summed E-state index contributed by atoms with van der Waals surface area (Å²) in [4.78, 5) is 27.1. The molecule has 1 aromatic heterocycles. The largest absolute Gasteiger partial charge is 0.478 e. The van der Waals surface area contributed by atoms with Crippen molar-refractivity contribution in [1.82, 2.24) is 10.3 Å². The zero-order valence-corrected chi connectivity index (χ0v) is 13.6. The van der Waals surface area contributed by atoms with Crippen molar-refractivity contribution in [2.75, 3.05) is 6.54 Å². The van der Waals surface area contributed by atoms with Crippen molar-refractivity contribution >= 4 is 11.9 Å². The monoisotopic (exact) mass is 328 g/mol. The number of nitrogens with zero attached hydrogens (tertiary/aromatic N) is 1. The highest BCUT2D eigenvalue weighted by Gasteiger charge is 2.22. The zero-order valence-electron chi connectivity index (χ0n) is 13.6. The molecular formula is C18H20N2O4. The highest BCUT2D eigenvalue weighted by atomic mass is 16.4. The lowest BCUT2D eigenvalue weighted by atomic mass is 9.93. The highest BCUT2D eigenvalue weighted by molar-refractivity contribution is 5.94. The minimum atomic E-state index is -1.08. The number of hydrogen-bond acceptors (Lipinski definition) is 4. The number of benzene rings is 1. The normalized spacial score (nSPS) is 13.1. The second kappa shape index (κ2) is 7.23. The van der Waals surface area contributed by atoms with Gasteiger partial charge in [0.05, 0.1) is 16.9 Å². The second-order valence-electron chi connectivity index (χ2n) is 5.78. The van der Waals surface area contributed by atoms with Crippen LogP contribution in [0.25, 0.3) is 0 Å². The fourth-order valence-corrected chi connectivity index (χ4v) is 2.37. The Hall–Kier alpha value is -2.73. The molecule has 1 amide bonds. The highest BCUT2D eigenvalue weighted by Crippen LogP contribution is 2.23. The van der Waals surface area contributed by atoms with Crippen LogP contribution in [0.4, 0.5) is 0 Å². The van der Waals surface area contributed by atoms with Gasteiger partial charge in [-0.05, 0) is 38.0 Å². The van der Waals surface area contributed by atoms with Crippen LogP contribution in [0.5, 0.6) is 0 Å². The summed E-state index contributed by atoms with van der Waals surface area (Å²) in [6.07, 6.45) is 0.342. The third-order valence-electron chi connectivity index (χ3n) is 3.84. The molecule has 0 aliphatic rings. The predicted octanol–water partition coefficient (Wildman–Crippen LogP) is 2.12. The molecule has 0 aliphatic carbocycles. The molecule has 0 aliphatic heterocycles. The van der Waals surface area contributed by atoms with E-state index in [0.717, 1.165) is 5.56 Å². The quantitative estimate of drug-likeness (QED) is 0.754. The Morgan fingerprint density at radius 3 is 2.42 bits per heavy atom. The first-order valence-corrected chi connectivity index (χ1v) is 7.58. The van der Waals surface area contributed by atoms with Crippen LogP contribution in [0, 0.1) is 6.92 Å². The van der Waals surface area contributed by atoms with E-state index in [1.807, 2.05) is 30.3 Å². The first-order chi connectivity index (χ1) is 11.3. The van der Waals surface area contributed by atoms with Crippen LogP contribution >= 0.6 is 0 Å². The van der Waals surface area contributed by atoms with Gasteiger partial charge in [0, 0.05) is 6.54 Å². The molecule has 0 spiro atoms. The van der Waals surface area contributed by atoms with Gasteiger partial charge in [-0.3, -0.25) is 4.79 Å². The standard InChI is InChI=1S/C18H20N2O4/c1-12-14(17(22)23)8-9-15(20-12)16(21)19-11-10-18(2,24)13-6-4-3-5-7-13/h3-9,24H,10-11H2,1-2H3,(H,19,21)(H,22,23). The Morgan fingerprint density at radius 2 is 1.83 bits per heavy atom. The van der Waals surface area contributed by atoms with E-state index >= 15 is 0 Å². The number of rotatable bonds is 6. The summed E-state index contributed by atoms with van der Waals surface area (Å²) in [6.45, 7) is 3.50. The van der Waals surface area contributed by atoms with Crippen molar-refractivity contribution in [2.45, 2.75) is 25.9 Å². The van der Waals surface area contributed by atoms with Gasteiger partial charge in [0.2, 0.25) is 0 Å². The van der Waals surface area contributed by atoms with Crippen LogP contribution in [-0.4, -0.2) is 33.6 Å². The molecular weight excluding hydrogens is 308 g/mol. The van der Waals surface area contributed by atoms with E-state index in [2.05, 4.69) is 10.3 Å². The van der Waals surface area contributed by atoms with Crippen molar-refractivity contribution in [3.63, 3.8) is 0 Å². The Bertz CT molecular complexity index is 742. The molecule has 1 heterocycles. The first kappa shape index (κ1) is 17.6. The lowest BCUT2D eigenvalue weighted by Gasteiger charge is -2.23. The fraction of sp³-hybridized carbons (Fsp3) is 0.278. The van der Waals surface area contributed by atoms with Crippen LogP contribution in [0.2, 0.25) is 0 Å². The number of nitrogens with one attached hydrogen (secondary N) is 1. The lowest BCUT2D eigenvalue weighted by molar-refractivity contribution is 0.0474. The maximum atomic E-state index is 12.1. The molecule has 24 heavy (non-hydrogen) atoms. The van der Waals surface area contributed by atoms with Gasteiger partial charge in [0.25, 0.3) is 5.91 Å². The number of carboxylic acid groups (broad SMARTS) is 1. The zero-order chi connectivity index (χ0) is 17.7. The average molecular weight is 328 g/mol. The van der Waals surface area contributed by atoms with Crippen LogP contribution in [0.15, 0.2) is 42.5 Å². The maximum absolute atomic E-state index is 12.1. The third kappa shape index (κ3) is 4.17. The van der Waals surface area contributed by atoms with E-state index in [0.29, 0.717) is 6.42 Å². The van der Waals surface area contributed by atoms with Crippen LogP contribution < -0.4 is 5.32 Å².